The molecule has 0 saturated heterocycles. The molecule has 1 aromatic carbocycles. The molecule has 106 valence electrons. The highest BCUT2D eigenvalue weighted by Crippen LogP contribution is 2.21. The minimum absolute atomic E-state index is 0.242. The molecular weight excluding hydrogens is 238 g/mol. The standard InChI is InChI=1S/C16H25NO2/c1-3-9-14(4-2)17(13-8-12-16(18)19)15-10-6-5-7-11-15/h5-7,10-11,14H,3-4,8-9,12-13H2,1-2H3,(H,18,19). The maximum absolute atomic E-state index is 10.7. The van der Waals surface area contributed by atoms with Crippen molar-refractivity contribution in [2.75, 3.05) is 11.4 Å². The molecule has 0 fully saturated rings. The Labute approximate surface area is 116 Å². The summed E-state index contributed by atoms with van der Waals surface area (Å²) >= 11 is 0. The quantitative estimate of drug-likeness (QED) is 0.733. The SMILES string of the molecule is CCCC(CC)N(CCCC(=O)O)c1ccccc1. The van der Waals surface area contributed by atoms with Crippen molar-refractivity contribution in [2.24, 2.45) is 0 Å². The predicted octanol–water partition coefficient (Wildman–Crippen LogP) is 3.94. The van der Waals surface area contributed by atoms with Gasteiger partial charge >= 0.3 is 5.97 Å². The summed E-state index contributed by atoms with van der Waals surface area (Å²) in [6, 6.07) is 10.8. The van der Waals surface area contributed by atoms with Crippen LogP contribution >= 0.6 is 0 Å². The van der Waals surface area contributed by atoms with Crippen LogP contribution in [0.2, 0.25) is 0 Å². The number of hydrogen-bond donors (Lipinski definition) is 1. The lowest BCUT2D eigenvalue weighted by Crippen LogP contribution is -2.36. The fraction of sp³-hybridized carbons (Fsp3) is 0.562. The highest BCUT2D eigenvalue weighted by Gasteiger charge is 2.16. The number of anilines is 1. The van der Waals surface area contributed by atoms with E-state index in [4.69, 9.17) is 5.11 Å². The second-order valence-electron chi connectivity index (χ2n) is 4.88. The third-order valence-corrected chi connectivity index (χ3v) is 3.41. The average Bonchev–Trinajstić information content (AvgIpc) is 2.42. The monoisotopic (exact) mass is 263 g/mol. The van der Waals surface area contributed by atoms with Gasteiger partial charge in [0.25, 0.3) is 0 Å². The molecule has 0 aromatic heterocycles. The van der Waals surface area contributed by atoms with Crippen molar-refractivity contribution in [3.63, 3.8) is 0 Å². The van der Waals surface area contributed by atoms with Crippen LogP contribution in [-0.2, 0) is 4.79 Å². The van der Waals surface area contributed by atoms with E-state index in [-0.39, 0.29) is 6.42 Å². The van der Waals surface area contributed by atoms with Gasteiger partial charge in [-0.3, -0.25) is 4.79 Å². The molecule has 1 aromatic rings. The molecule has 1 N–H and O–H groups in total. The number of carboxylic acids is 1. The number of nitrogens with zero attached hydrogens (tertiary/aromatic N) is 1. The van der Waals surface area contributed by atoms with E-state index in [9.17, 15) is 4.79 Å². The Morgan fingerprint density at radius 1 is 1.26 bits per heavy atom. The molecule has 0 saturated carbocycles. The second kappa shape index (κ2) is 8.57. The number of hydrogen-bond acceptors (Lipinski definition) is 2. The molecular formula is C16H25NO2. The fourth-order valence-electron chi connectivity index (χ4n) is 2.46. The van der Waals surface area contributed by atoms with Crippen LogP contribution in [0.15, 0.2) is 30.3 Å². The number of carbonyl (C=O) groups is 1. The van der Waals surface area contributed by atoms with E-state index in [1.165, 1.54) is 5.69 Å². The van der Waals surface area contributed by atoms with Gasteiger partial charge in [0, 0.05) is 24.7 Å². The Kier molecular flexibility index (Phi) is 7.01. The van der Waals surface area contributed by atoms with Crippen molar-refractivity contribution in [3.8, 4) is 0 Å². The lowest BCUT2D eigenvalue weighted by Gasteiger charge is -2.33. The Morgan fingerprint density at radius 3 is 2.47 bits per heavy atom. The van der Waals surface area contributed by atoms with Crippen molar-refractivity contribution in [1.29, 1.82) is 0 Å². The van der Waals surface area contributed by atoms with Gasteiger partial charge in [0.15, 0.2) is 0 Å². The van der Waals surface area contributed by atoms with Crippen LogP contribution in [0.1, 0.15) is 46.0 Å². The summed E-state index contributed by atoms with van der Waals surface area (Å²) in [7, 11) is 0. The Morgan fingerprint density at radius 2 is 1.95 bits per heavy atom. The van der Waals surface area contributed by atoms with E-state index >= 15 is 0 Å². The van der Waals surface area contributed by atoms with Gasteiger partial charge < -0.3 is 10.0 Å². The minimum atomic E-state index is -0.712. The lowest BCUT2D eigenvalue weighted by atomic mass is 10.1. The molecule has 3 heteroatoms. The average molecular weight is 263 g/mol. The molecule has 0 radical (unpaired) electrons. The highest BCUT2D eigenvalue weighted by atomic mass is 16.4. The lowest BCUT2D eigenvalue weighted by molar-refractivity contribution is -0.137. The Balaban J connectivity index is 2.74. The number of benzene rings is 1. The van der Waals surface area contributed by atoms with Crippen LogP contribution in [0.4, 0.5) is 5.69 Å². The summed E-state index contributed by atoms with van der Waals surface area (Å²) in [6.07, 6.45) is 4.34. The van der Waals surface area contributed by atoms with Crippen LogP contribution in [-0.4, -0.2) is 23.7 Å². The molecule has 0 spiro atoms. The first-order chi connectivity index (χ1) is 9.19. The van der Waals surface area contributed by atoms with E-state index in [0.717, 1.165) is 25.8 Å². The van der Waals surface area contributed by atoms with Crippen LogP contribution < -0.4 is 4.90 Å². The molecule has 3 nitrogen and oxygen atoms in total. The number of para-hydroxylation sites is 1. The Hall–Kier alpha value is -1.51. The topological polar surface area (TPSA) is 40.5 Å². The first-order valence-corrected chi connectivity index (χ1v) is 7.22. The first kappa shape index (κ1) is 15.5. The van der Waals surface area contributed by atoms with Gasteiger partial charge in [-0.25, -0.2) is 0 Å². The molecule has 1 unspecified atom stereocenters. The summed E-state index contributed by atoms with van der Waals surface area (Å²) in [4.78, 5) is 13.0. The summed E-state index contributed by atoms with van der Waals surface area (Å²) in [5.41, 5.74) is 1.20. The van der Waals surface area contributed by atoms with Crippen molar-refractivity contribution in [3.05, 3.63) is 30.3 Å². The fourth-order valence-corrected chi connectivity index (χ4v) is 2.46. The normalized spacial score (nSPS) is 12.1. The smallest absolute Gasteiger partial charge is 0.303 e. The van der Waals surface area contributed by atoms with Crippen LogP contribution in [0.25, 0.3) is 0 Å². The van der Waals surface area contributed by atoms with Crippen molar-refractivity contribution in [2.45, 2.75) is 52.0 Å². The zero-order valence-corrected chi connectivity index (χ0v) is 12.0. The van der Waals surface area contributed by atoms with Gasteiger partial charge in [0.05, 0.1) is 0 Å². The van der Waals surface area contributed by atoms with E-state index in [1.54, 1.807) is 0 Å². The molecule has 1 atom stereocenters. The number of carboxylic acid groups (broad SMARTS) is 1. The van der Waals surface area contributed by atoms with Crippen molar-refractivity contribution < 1.29 is 9.90 Å². The minimum Gasteiger partial charge on any atom is -0.481 e. The molecule has 0 bridgehead atoms. The van der Waals surface area contributed by atoms with Crippen molar-refractivity contribution in [1.82, 2.24) is 0 Å². The van der Waals surface area contributed by atoms with Gasteiger partial charge in [-0.05, 0) is 31.4 Å². The van der Waals surface area contributed by atoms with E-state index in [2.05, 4.69) is 30.9 Å². The van der Waals surface area contributed by atoms with Gasteiger partial charge in [-0.15, -0.1) is 0 Å². The van der Waals surface area contributed by atoms with E-state index < -0.39 is 5.97 Å². The zero-order chi connectivity index (χ0) is 14.1. The third-order valence-electron chi connectivity index (χ3n) is 3.41. The number of aliphatic carboxylic acids is 1. The van der Waals surface area contributed by atoms with Gasteiger partial charge in [0.2, 0.25) is 0 Å². The molecule has 0 heterocycles. The van der Waals surface area contributed by atoms with Crippen molar-refractivity contribution >= 4 is 11.7 Å². The summed E-state index contributed by atoms with van der Waals surface area (Å²) in [6.45, 7) is 5.21. The summed E-state index contributed by atoms with van der Waals surface area (Å²) in [5, 5.41) is 8.78. The van der Waals surface area contributed by atoms with Gasteiger partial charge in [-0.1, -0.05) is 38.5 Å². The molecule has 0 amide bonds. The first-order valence-electron chi connectivity index (χ1n) is 7.22. The van der Waals surface area contributed by atoms with Crippen LogP contribution in [0.5, 0.6) is 0 Å². The Bertz CT molecular complexity index is 364. The van der Waals surface area contributed by atoms with Crippen LogP contribution in [0, 0.1) is 0 Å². The predicted molar refractivity (Wildman–Crippen MR) is 79.6 cm³/mol. The zero-order valence-electron chi connectivity index (χ0n) is 12.0. The molecule has 19 heavy (non-hydrogen) atoms. The molecule has 0 aliphatic rings. The van der Waals surface area contributed by atoms with E-state index in [1.807, 2.05) is 18.2 Å². The largest absolute Gasteiger partial charge is 0.481 e. The van der Waals surface area contributed by atoms with Crippen LogP contribution in [0.3, 0.4) is 0 Å². The summed E-state index contributed by atoms with van der Waals surface area (Å²) in [5.74, 6) is -0.712. The molecule has 1 rings (SSSR count). The summed E-state index contributed by atoms with van der Waals surface area (Å²) < 4.78 is 0. The molecule has 0 aliphatic carbocycles. The third kappa shape index (κ3) is 5.33. The second-order valence-corrected chi connectivity index (χ2v) is 4.88. The van der Waals surface area contributed by atoms with Gasteiger partial charge in [0.1, 0.15) is 0 Å². The molecule has 0 aliphatic heterocycles. The maximum atomic E-state index is 10.7. The maximum Gasteiger partial charge on any atom is 0.303 e. The number of rotatable bonds is 9. The highest BCUT2D eigenvalue weighted by molar-refractivity contribution is 5.66. The van der Waals surface area contributed by atoms with Gasteiger partial charge in [-0.2, -0.15) is 0 Å². The van der Waals surface area contributed by atoms with E-state index in [0.29, 0.717) is 12.5 Å².